The molecule has 7 heteroatoms. The summed E-state index contributed by atoms with van der Waals surface area (Å²) in [5, 5.41) is 11.0. The number of carbonyl (C=O) groups is 2. The lowest BCUT2D eigenvalue weighted by atomic mass is 9.92. The van der Waals surface area contributed by atoms with Crippen molar-refractivity contribution in [3.05, 3.63) is 30.3 Å². The molecule has 4 rings (SSSR count). The van der Waals surface area contributed by atoms with Gasteiger partial charge in [0.15, 0.2) is 0 Å². The number of hydrogen-bond donors (Lipinski definition) is 1. The molecule has 1 N–H and O–H groups in total. The van der Waals surface area contributed by atoms with Gasteiger partial charge in [0.05, 0.1) is 12.5 Å². The van der Waals surface area contributed by atoms with Crippen molar-refractivity contribution in [2.75, 3.05) is 37.7 Å². The summed E-state index contributed by atoms with van der Waals surface area (Å²) < 4.78 is 5.15. The minimum absolute atomic E-state index is 0.0175. The molecule has 2 aliphatic heterocycles. The molecule has 0 aliphatic carbocycles. The molecule has 2 aromatic rings. The molecular weight excluding hydrogens is 382 g/mol. The number of phenolic OH excluding ortho intramolecular Hbond substituents is 1. The quantitative estimate of drug-likeness (QED) is 0.779. The van der Waals surface area contributed by atoms with Gasteiger partial charge in [-0.25, -0.2) is 4.98 Å². The van der Waals surface area contributed by atoms with Crippen LogP contribution < -0.4 is 4.90 Å². The van der Waals surface area contributed by atoms with Crippen LogP contribution in [0.1, 0.15) is 32.6 Å². The number of aromatic hydroxyl groups is 1. The number of benzene rings is 1. The van der Waals surface area contributed by atoms with Crippen LogP contribution >= 0.6 is 0 Å². The molecule has 0 unspecified atom stereocenters. The summed E-state index contributed by atoms with van der Waals surface area (Å²) in [5.41, 5.74) is 0.603. The van der Waals surface area contributed by atoms with Gasteiger partial charge in [0.2, 0.25) is 5.91 Å². The van der Waals surface area contributed by atoms with E-state index in [-0.39, 0.29) is 29.5 Å². The van der Waals surface area contributed by atoms with Crippen LogP contribution in [-0.4, -0.2) is 59.7 Å². The zero-order valence-electron chi connectivity index (χ0n) is 17.4. The number of anilines is 1. The first-order chi connectivity index (χ1) is 14.6. The van der Waals surface area contributed by atoms with Crippen LogP contribution in [0.5, 0.6) is 5.75 Å². The second-order valence-electron chi connectivity index (χ2n) is 8.16. The Labute approximate surface area is 176 Å². The van der Waals surface area contributed by atoms with E-state index in [0.29, 0.717) is 18.7 Å². The summed E-state index contributed by atoms with van der Waals surface area (Å²) in [5.74, 6) is 0.771. The largest absolute Gasteiger partial charge is 0.506 e. The first-order valence-electron chi connectivity index (χ1n) is 10.9. The van der Waals surface area contributed by atoms with E-state index in [1.165, 1.54) is 0 Å². The predicted octanol–water partition coefficient (Wildman–Crippen LogP) is 2.96. The zero-order valence-corrected chi connectivity index (χ0v) is 17.4. The fourth-order valence-corrected chi connectivity index (χ4v) is 4.54. The summed E-state index contributed by atoms with van der Waals surface area (Å²) in [7, 11) is 0. The Balaban J connectivity index is 1.37. The summed E-state index contributed by atoms with van der Waals surface area (Å²) in [4.78, 5) is 33.8. The SMILES string of the molecule is CCOC(=O)[C@@H]1CCCN(C(=O)C2CCN(c3ccc4cccc(O)c4n3)CC2)C1. The summed E-state index contributed by atoms with van der Waals surface area (Å²) in [6, 6.07) is 9.32. The number of nitrogens with zero attached hydrogens (tertiary/aromatic N) is 3. The molecule has 0 saturated carbocycles. The molecule has 0 radical (unpaired) electrons. The van der Waals surface area contributed by atoms with E-state index in [9.17, 15) is 14.7 Å². The van der Waals surface area contributed by atoms with Gasteiger partial charge in [-0.05, 0) is 50.8 Å². The normalized spacial score (nSPS) is 20.4. The second-order valence-corrected chi connectivity index (χ2v) is 8.16. The van der Waals surface area contributed by atoms with Gasteiger partial charge < -0.3 is 19.6 Å². The van der Waals surface area contributed by atoms with E-state index in [2.05, 4.69) is 9.88 Å². The average molecular weight is 412 g/mol. The Bertz CT molecular complexity index is 924. The highest BCUT2D eigenvalue weighted by Gasteiger charge is 2.34. The Kier molecular flexibility index (Phi) is 6.06. The van der Waals surface area contributed by atoms with Crippen molar-refractivity contribution < 1.29 is 19.4 Å². The van der Waals surface area contributed by atoms with Crippen LogP contribution in [-0.2, 0) is 14.3 Å². The fourth-order valence-electron chi connectivity index (χ4n) is 4.54. The van der Waals surface area contributed by atoms with E-state index in [1.807, 2.05) is 36.1 Å². The van der Waals surface area contributed by atoms with Crippen LogP contribution in [0, 0.1) is 11.8 Å². The van der Waals surface area contributed by atoms with E-state index < -0.39 is 0 Å². The third-order valence-electron chi connectivity index (χ3n) is 6.21. The van der Waals surface area contributed by atoms with Crippen LogP contribution in [0.3, 0.4) is 0 Å². The molecule has 30 heavy (non-hydrogen) atoms. The van der Waals surface area contributed by atoms with Crippen molar-refractivity contribution in [2.45, 2.75) is 32.6 Å². The standard InChI is InChI=1S/C23H29N3O4/c1-2-30-23(29)18-6-4-12-26(15-18)22(28)17-10-13-25(14-11-17)20-9-8-16-5-3-7-19(27)21(16)24-20/h3,5,7-9,17-18,27H,2,4,6,10-15H2,1H3/t18-/m1/s1. The predicted molar refractivity (Wildman–Crippen MR) is 114 cm³/mol. The van der Waals surface area contributed by atoms with Gasteiger partial charge in [0, 0.05) is 37.5 Å². The monoisotopic (exact) mass is 411 g/mol. The average Bonchev–Trinajstić information content (AvgIpc) is 2.79. The molecule has 2 fully saturated rings. The maximum Gasteiger partial charge on any atom is 0.310 e. The first kappa shape index (κ1) is 20.4. The third kappa shape index (κ3) is 4.20. The molecule has 2 aliphatic rings. The van der Waals surface area contributed by atoms with Crippen molar-refractivity contribution in [3.63, 3.8) is 0 Å². The molecule has 1 aromatic carbocycles. The van der Waals surface area contributed by atoms with Crippen molar-refractivity contribution in [2.24, 2.45) is 11.8 Å². The van der Waals surface area contributed by atoms with Crippen LogP contribution in [0.15, 0.2) is 30.3 Å². The zero-order chi connectivity index (χ0) is 21.1. The number of rotatable bonds is 4. The van der Waals surface area contributed by atoms with Crippen molar-refractivity contribution >= 4 is 28.6 Å². The third-order valence-corrected chi connectivity index (χ3v) is 6.21. The number of ether oxygens (including phenoxy) is 1. The Morgan fingerprint density at radius 3 is 2.67 bits per heavy atom. The maximum atomic E-state index is 13.0. The summed E-state index contributed by atoms with van der Waals surface area (Å²) in [6.07, 6.45) is 3.17. The molecule has 3 heterocycles. The lowest BCUT2D eigenvalue weighted by Gasteiger charge is -2.37. The molecule has 1 aromatic heterocycles. The number of pyridine rings is 1. The highest BCUT2D eigenvalue weighted by atomic mass is 16.5. The summed E-state index contributed by atoms with van der Waals surface area (Å²) in [6.45, 7) is 4.88. The molecule has 160 valence electrons. The van der Waals surface area contributed by atoms with Gasteiger partial charge in [-0.3, -0.25) is 9.59 Å². The van der Waals surface area contributed by atoms with Gasteiger partial charge in [0.1, 0.15) is 17.1 Å². The second kappa shape index (κ2) is 8.90. The fraction of sp³-hybridized carbons (Fsp3) is 0.522. The number of amides is 1. The van der Waals surface area contributed by atoms with Gasteiger partial charge >= 0.3 is 5.97 Å². The van der Waals surface area contributed by atoms with Crippen LogP contribution in [0.4, 0.5) is 5.82 Å². The Hall–Kier alpha value is -2.83. The number of likely N-dealkylation sites (tertiary alicyclic amines) is 1. The Morgan fingerprint density at radius 2 is 1.90 bits per heavy atom. The van der Waals surface area contributed by atoms with Gasteiger partial charge in [-0.2, -0.15) is 0 Å². The van der Waals surface area contributed by atoms with E-state index >= 15 is 0 Å². The topological polar surface area (TPSA) is 83.0 Å². The van der Waals surface area contributed by atoms with E-state index in [1.54, 1.807) is 6.07 Å². The molecule has 1 atom stereocenters. The molecule has 7 nitrogen and oxygen atoms in total. The van der Waals surface area contributed by atoms with Gasteiger partial charge in [0.25, 0.3) is 0 Å². The minimum atomic E-state index is -0.197. The number of hydrogen-bond acceptors (Lipinski definition) is 6. The smallest absolute Gasteiger partial charge is 0.310 e. The lowest BCUT2D eigenvalue weighted by Crippen LogP contribution is -2.47. The van der Waals surface area contributed by atoms with Crippen LogP contribution in [0.2, 0.25) is 0 Å². The molecule has 2 saturated heterocycles. The minimum Gasteiger partial charge on any atom is -0.506 e. The van der Waals surface area contributed by atoms with Crippen LogP contribution in [0.25, 0.3) is 10.9 Å². The number of phenols is 1. The van der Waals surface area contributed by atoms with Gasteiger partial charge in [-0.15, -0.1) is 0 Å². The number of esters is 1. The number of para-hydroxylation sites is 1. The highest BCUT2D eigenvalue weighted by molar-refractivity contribution is 5.85. The Morgan fingerprint density at radius 1 is 1.10 bits per heavy atom. The summed E-state index contributed by atoms with van der Waals surface area (Å²) >= 11 is 0. The van der Waals surface area contributed by atoms with E-state index in [0.717, 1.165) is 56.5 Å². The number of fused-ring (bicyclic) bond motifs is 1. The molecular formula is C23H29N3O4. The maximum absolute atomic E-state index is 13.0. The number of carbonyl (C=O) groups excluding carboxylic acids is 2. The molecule has 0 bridgehead atoms. The van der Waals surface area contributed by atoms with Crippen molar-refractivity contribution in [3.8, 4) is 5.75 Å². The van der Waals surface area contributed by atoms with Crippen molar-refractivity contribution in [1.82, 2.24) is 9.88 Å². The lowest BCUT2D eigenvalue weighted by molar-refractivity contribution is -0.152. The number of aromatic nitrogens is 1. The van der Waals surface area contributed by atoms with E-state index in [4.69, 9.17) is 4.74 Å². The molecule has 1 amide bonds. The van der Waals surface area contributed by atoms with Gasteiger partial charge in [-0.1, -0.05) is 12.1 Å². The molecule has 0 spiro atoms. The van der Waals surface area contributed by atoms with Crippen molar-refractivity contribution in [1.29, 1.82) is 0 Å². The highest BCUT2D eigenvalue weighted by Crippen LogP contribution is 2.29. The first-order valence-corrected chi connectivity index (χ1v) is 10.9. The number of piperidine rings is 2.